The Bertz CT molecular complexity index is 893. The Morgan fingerprint density at radius 2 is 1.77 bits per heavy atom. The number of nitrogens with one attached hydrogen (secondary N) is 1. The number of rotatable bonds is 4. The molecule has 0 saturated heterocycles. The summed E-state index contributed by atoms with van der Waals surface area (Å²) >= 11 is 0. The van der Waals surface area contributed by atoms with E-state index in [0.717, 1.165) is 22.5 Å². The van der Waals surface area contributed by atoms with Crippen LogP contribution in [0.3, 0.4) is 0 Å². The first-order valence-corrected chi connectivity index (χ1v) is 8.25. The summed E-state index contributed by atoms with van der Waals surface area (Å²) in [5.74, 6) is 1.24. The van der Waals surface area contributed by atoms with Gasteiger partial charge >= 0.3 is 0 Å². The third-order valence-electron chi connectivity index (χ3n) is 3.84. The van der Waals surface area contributed by atoms with Gasteiger partial charge in [0.1, 0.15) is 5.76 Å². The molecule has 26 heavy (non-hydrogen) atoms. The number of amides is 1. The van der Waals surface area contributed by atoms with Gasteiger partial charge in [-0.1, -0.05) is 50.2 Å². The van der Waals surface area contributed by atoms with Gasteiger partial charge in [-0.2, -0.15) is 0 Å². The van der Waals surface area contributed by atoms with Crippen molar-refractivity contribution >= 4 is 17.7 Å². The number of nitrogens with zero attached hydrogens (tertiary/aromatic N) is 3. The van der Waals surface area contributed by atoms with Gasteiger partial charge in [0, 0.05) is 29.4 Å². The molecular weight excluding hydrogens is 330 g/mol. The zero-order chi connectivity index (χ0) is 18.7. The van der Waals surface area contributed by atoms with Crippen LogP contribution in [0.5, 0.6) is 0 Å². The normalized spacial score (nSPS) is 11.3. The molecule has 0 fully saturated rings. The maximum atomic E-state index is 12.2. The first-order valence-electron chi connectivity index (χ1n) is 8.25. The topological polar surface area (TPSA) is 107 Å². The molecule has 0 bridgehead atoms. The van der Waals surface area contributed by atoms with Crippen LogP contribution in [0, 0.1) is 0 Å². The lowest BCUT2D eigenvalue weighted by atomic mass is 9.93. The number of benzene rings is 1. The number of anilines is 2. The van der Waals surface area contributed by atoms with Crippen molar-refractivity contribution in [1.29, 1.82) is 0 Å². The largest absolute Gasteiger partial charge is 0.368 e. The van der Waals surface area contributed by atoms with E-state index < -0.39 is 0 Å². The van der Waals surface area contributed by atoms with Gasteiger partial charge in [0.2, 0.25) is 11.9 Å². The van der Waals surface area contributed by atoms with Crippen LogP contribution in [0.1, 0.15) is 32.1 Å². The molecular formula is C19H21N5O2. The summed E-state index contributed by atoms with van der Waals surface area (Å²) in [6.45, 7) is 6.06. The molecule has 0 spiro atoms. The van der Waals surface area contributed by atoms with Crippen LogP contribution in [0.2, 0.25) is 0 Å². The minimum absolute atomic E-state index is 0.151. The van der Waals surface area contributed by atoms with Crippen LogP contribution >= 0.6 is 0 Å². The number of hydrogen-bond acceptors (Lipinski definition) is 6. The van der Waals surface area contributed by atoms with Crippen LogP contribution < -0.4 is 11.1 Å². The molecule has 7 heteroatoms. The van der Waals surface area contributed by atoms with E-state index in [1.54, 1.807) is 18.5 Å². The van der Waals surface area contributed by atoms with Crippen LogP contribution in [0.15, 0.2) is 47.2 Å². The monoisotopic (exact) mass is 351 g/mol. The molecule has 0 aliphatic heterocycles. The summed E-state index contributed by atoms with van der Waals surface area (Å²) < 4.78 is 5.27. The summed E-state index contributed by atoms with van der Waals surface area (Å²) in [5.41, 5.74) is 8.06. The smallest absolute Gasteiger partial charge is 0.230 e. The number of aromatic nitrogens is 3. The van der Waals surface area contributed by atoms with E-state index in [0.29, 0.717) is 5.82 Å². The van der Waals surface area contributed by atoms with Gasteiger partial charge in [-0.3, -0.25) is 4.79 Å². The Kier molecular flexibility index (Phi) is 4.71. The van der Waals surface area contributed by atoms with Crippen molar-refractivity contribution in [2.45, 2.75) is 32.6 Å². The molecule has 3 rings (SSSR count). The molecule has 0 saturated carbocycles. The fourth-order valence-electron chi connectivity index (χ4n) is 2.36. The number of nitrogens with two attached hydrogens (primary N) is 1. The van der Waals surface area contributed by atoms with Gasteiger partial charge in [-0.05, 0) is 11.1 Å². The maximum Gasteiger partial charge on any atom is 0.230 e. The van der Waals surface area contributed by atoms with Crippen LogP contribution in [-0.4, -0.2) is 21.0 Å². The zero-order valence-corrected chi connectivity index (χ0v) is 15.0. The van der Waals surface area contributed by atoms with Gasteiger partial charge in [0.15, 0.2) is 5.82 Å². The molecule has 0 aliphatic carbocycles. The standard InChI is InChI=1S/C19H21N5O2/c1-19(2,3)15-9-16(24-26-15)23-17(25)8-12-4-6-13(7-5-12)14-10-21-18(20)22-11-14/h4-7,9-11H,8H2,1-3H3,(H2,20,21,22)(H,23,24,25). The molecule has 0 unspecified atom stereocenters. The fourth-order valence-corrected chi connectivity index (χ4v) is 2.36. The average Bonchev–Trinajstić information content (AvgIpc) is 3.05. The fraction of sp³-hybridized carbons (Fsp3) is 0.263. The molecule has 2 aromatic heterocycles. The first-order chi connectivity index (χ1) is 12.3. The van der Waals surface area contributed by atoms with Crippen molar-refractivity contribution in [1.82, 2.24) is 15.1 Å². The second kappa shape index (κ2) is 6.95. The van der Waals surface area contributed by atoms with Crippen molar-refractivity contribution in [2.24, 2.45) is 0 Å². The molecule has 0 radical (unpaired) electrons. The summed E-state index contributed by atoms with van der Waals surface area (Å²) in [4.78, 5) is 20.2. The lowest BCUT2D eigenvalue weighted by Crippen LogP contribution is -2.14. The average molecular weight is 351 g/mol. The van der Waals surface area contributed by atoms with Crippen LogP contribution in [0.4, 0.5) is 11.8 Å². The highest BCUT2D eigenvalue weighted by Gasteiger charge is 2.20. The third kappa shape index (κ3) is 4.24. The van der Waals surface area contributed by atoms with E-state index in [-0.39, 0.29) is 23.7 Å². The Balaban J connectivity index is 1.62. The molecule has 0 atom stereocenters. The van der Waals surface area contributed by atoms with Crippen molar-refractivity contribution in [3.63, 3.8) is 0 Å². The predicted octanol–water partition coefficient (Wildman–Crippen LogP) is 3.19. The second-order valence-corrected chi connectivity index (χ2v) is 7.08. The van der Waals surface area contributed by atoms with E-state index in [1.165, 1.54) is 0 Å². The minimum atomic E-state index is -0.155. The Morgan fingerprint density at radius 1 is 1.12 bits per heavy atom. The van der Waals surface area contributed by atoms with Gasteiger partial charge in [-0.15, -0.1) is 0 Å². The van der Waals surface area contributed by atoms with E-state index in [4.69, 9.17) is 10.3 Å². The lowest BCUT2D eigenvalue weighted by molar-refractivity contribution is -0.115. The molecule has 0 aliphatic rings. The Morgan fingerprint density at radius 3 is 2.35 bits per heavy atom. The summed E-state index contributed by atoms with van der Waals surface area (Å²) in [5, 5.41) is 6.65. The summed E-state index contributed by atoms with van der Waals surface area (Å²) in [6.07, 6.45) is 3.58. The molecule has 3 N–H and O–H groups in total. The molecule has 3 aromatic rings. The van der Waals surface area contributed by atoms with Gasteiger partial charge in [0.05, 0.1) is 6.42 Å². The molecule has 2 heterocycles. The maximum absolute atomic E-state index is 12.2. The number of carbonyl (C=O) groups is 1. The van der Waals surface area contributed by atoms with E-state index in [9.17, 15) is 4.79 Å². The van der Waals surface area contributed by atoms with Crippen molar-refractivity contribution < 1.29 is 9.32 Å². The Hall–Kier alpha value is -3.22. The third-order valence-corrected chi connectivity index (χ3v) is 3.84. The molecule has 1 aromatic carbocycles. The lowest BCUT2D eigenvalue weighted by Gasteiger charge is -2.12. The highest BCUT2D eigenvalue weighted by molar-refractivity contribution is 5.91. The van der Waals surface area contributed by atoms with E-state index in [1.807, 2.05) is 45.0 Å². The van der Waals surface area contributed by atoms with Crippen LogP contribution in [0.25, 0.3) is 11.1 Å². The number of carbonyl (C=O) groups excluding carboxylic acids is 1. The second-order valence-electron chi connectivity index (χ2n) is 7.08. The molecule has 1 amide bonds. The quantitative estimate of drug-likeness (QED) is 0.747. The first kappa shape index (κ1) is 17.6. The number of nitrogen functional groups attached to an aromatic ring is 1. The SMILES string of the molecule is CC(C)(C)c1cc(NC(=O)Cc2ccc(-c3cnc(N)nc3)cc2)no1. The molecule has 7 nitrogen and oxygen atoms in total. The molecule has 134 valence electrons. The van der Waals surface area contributed by atoms with Crippen molar-refractivity contribution in [2.75, 3.05) is 11.1 Å². The van der Waals surface area contributed by atoms with Crippen molar-refractivity contribution in [3.05, 3.63) is 54.0 Å². The van der Waals surface area contributed by atoms with E-state index >= 15 is 0 Å². The minimum Gasteiger partial charge on any atom is -0.368 e. The highest BCUT2D eigenvalue weighted by atomic mass is 16.5. The zero-order valence-electron chi connectivity index (χ0n) is 15.0. The highest BCUT2D eigenvalue weighted by Crippen LogP contribution is 2.24. The van der Waals surface area contributed by atoms with Gasteiger partial charge in [0.25, 0.3) is 0 Å². The van der Waals surface area contributed by atoms with Crippen LogP contribution in [-0.2, 0) is 16.6 Å². The predicted molar refractivity (Wildman–Crippen MR) is 99.4 cm³/mol. The summed E-state index contributed by atoms with van der Waals surface area (Å²) in [6, 6.07) is 9.39. The Labute approximate surface area is 151 Å². The van der Waals surface area contributed by atoms with Gasteiger partial charge < -0.3 is 15.6 Å². The number of hydrogen-bond donors (Lipinski definition) is 2. The van der Waals surface area contributed by atoms with Crippen molar-refractivity contribution in [3.8, 4) is 11.1 Å². The van der Waals surface area contributed by atoms with Gasteiger partial charge in [-0.25, -0.2) is 9.97 Å². The van der Waals surface area contributed by atoms with E-state index in [2.05, 4.69) is 20.4 Å². The summed E-state index contributed by atoms with van der Waals surface area (Å²) in [7, 11) is 0.